The molecule has 1 amide bonds. The molecule has 1 N–H and O–H groups in total. The average molecular weight is 646 g/mol. The van der Waals surface area contributed by atoms with Crippen molar-refractivity contribution in [2.75, 3.05) is 0 Å². The third-order valence-electron chi connectivity index (χ3n) is 6.30. The molecule has 0 heterocycles. The normalized spacial score (nSPS) is 13.5. The van der Waals surface area contributed by atoms with E-state index in [0.29, 0.717) is 17.7 Å². The summed E-state index contributed by atoms with van der Waals surface area (Å²) in [5.74, 6) is -4.97. The third kappa shape index (κ3) is 6.58. The molecule has 0 radical (unpaired) electrons. The summed E-state index contributed by atoms with van der Waals surface area (Å²) >= 11 is 3.00. The lowest BCUT2D eigenvalue weighted by molar-refractivity contribution is -0.140. The molecule has 4 aromatic rings. The molecule has 0 fully saturated rings. The molecule has 4 rings (SSSR count). The number of carbonyl (C=O) groups is 1. The number of hydrogen-bond donors (Lipinski definition) is 1. The Morgan fingerprint density at radius 3 is 1.93 bits per heavy atom. The van der Waals surface area contributed by atoms with Crippen LogP contribution in [0.15, 0.2) is 89.4 Å². The predicted octanol–water partition coefficient (Wildman–Crippen LogP) is 8.82. The van der Waals surface area contributed by atoms with Crippen molar-refractivity contribution in [2.45, 2.75) is 24.3 Å². The Morgan fingerprint density at radius 2 is 1.32 bits per heavy atom. The zero-order valence-electron chi connectivity index (χ0n) is 20.5. The van der Waals surface area contributed by atoms with Gasteiger partial charge in [-0.1, -0.05) is 36.4 Å². The van der Waals surface area contributed by atoms with E-state index >= 15 is 0 Å². The topological polar surface area (TPSA) is 29.1 Å². The first-order chi connectivity index (χ1) is 19.1. The van der Waals surface area contributed by atoms with Gasteiger partial charge in [0.1, 0.15) is 17.5 Å². The highest BCUT2D eigenvalue weighted by molar-refractivity contribution is 9.10. The molecule has 4 aromatic carbocycles. The van der Waals surface area contributed by atoms with Gasteiger partial charge in [0.05, 0.1) is 21.1 Å². The highest BCUT2D eigenvalue weighted by Crippen LogP contribution is 2.40. The van der Waals surface area contributed by atoms with Crippen molar-refractivity contribution in [3.05, 3.63) is 140 Å². The number of amides is 1. The van der Waals surface area contributed by atoms with Crippen LogP contribution in [0.3, 0.4) is 0 Å². The Kier molecular flexibility index (Phi) is 8.26. The maximum atomic E-state index is 14.7. The molecule has 0 aliphatic rings. The van der Waals surface area contributed by atoms with Gasteiger partial charge >= 0.3 is 12.4 Å². The van der Waals surface area contributed by atoms with Gasteiger partial charge < -0.3 is 5.32 Å². The fourth-order valence-electron chi connectivity index (χ4n) is 4.37. The maximum Gasteiger partial charge on any atom is 0.419 e. The van der Waals surface area contributed by atoms with Crippen LogP contribution in [0.5, 0.6) is 0 Å². The molecule has 1 unspecified atom stereocenters. The smallest absolute Gasteiger partial charge is 0.338 e. The summed E-state index contributed by atoms with van der Waals surface area (Å²) in [4.78, 5) is 13.5. The minimum atomic E-state index is -5.16. The zero-order chi connectivity index (χ0) is 30.2. The molecule has 0 aromatic heterocycles. The number of alkyl halides is 6. The molecule has 0 spiro atoms. The lowest BCUT2D eigenvalue weighted by Crippen LogP contribution is -2.49. The zero-order valence-corrected chi connectivity index (χ0v) is 22.1. The summed E-state index contributed by atoms with van der Waals surface area (Å²) in [7, 11) is 0. The number of carbonyl (C=O) groups excluding carboxylic acids is 1. The van der Waals surface area contributed by atoms with Crippen LogP contribution in [0, 0.1) is 17.5 Å². The van der Waals surface area contributed by atoms with Crippen LogP contribution >= 0.6 is 15.9 Å². The van der Waals surface area contributed by atoms with E-state index in [-0.39, 0.29) is 28.6 Å². The van der Waals surface area contributed by atoms with E-state index in [4.69, 9.17) is 0 Å². The minimum absolute atomic E-state index is 0.0279. The number of hydrogen-bond acceptors (Lipinski definition) is 1. The molecular weight excluding hydrogens is 629 g/mol. The fraction of sp³-hybridized carbons (Fsp3) is 0.138. The monoisotopic (exact) mass is 645 g/mol. The largest absolute Gasteiger partial charge is 0.419 e. The van der Waals surface area contributed by atoms with Crippen LogP contribution in [0.2, 0.25) is 0 Å². The van der Waals surface area contributed by atoms with Gasteiger partial charge in [0.25, 0.3) is 5.91 Å². The van der Waals surface area contributed by atoms with E-state index in [1.807, 2.05) is 0 Å². The van der Waals surface area contributed by atoms with Gasteiger partial charge in [0.2, 0.25) is 0 Å². The first-order valence-corrected chi connectivity index (χ1v) is 12.5. The Morgan fingerprint density at radius 1 is 0.683 bits per heavy atom. The number of rotatable bonds is 6. The molecule has 0 aliphatic heterocycles. The SMILES string of the molecule is O=C(NC(Cc1ccccc1)(c1cc(F)cc(C(F)(F)F)c1)c1ccc(F)c(Br)c1)c1ccc(F)c(C(F)(F)F)c1. The van der Waals surface area contributed by atoms with Gasteiger partial charge in [-0.2, -0.15) is 26.3 Å². The van der Waals surface area contributed by atoms with Crippen LogP contribution < -0.4 is 5.32 Å². The van der Waals surface area contributed by atoms with Crippen LogP contribution in [0.1, 0.15) is 38.2 Å². The fourth-order valence-corrected chi connectivity index (χ4v) is 4.75. The van der Waals surface area contributed by atoms with E-state index < -0.39 is 63.5 Å². The van der Waals surface area contributed by atoms with Crippen molar-refractivity contribution in [1.29, 1.82) is 0 Å². The predicted molar refractivity (Wildman–Crippen MR) is 135 cm³/mol. The summed E-state index contributed by atoms with van der Waals surface area (Å²) in [6.45, 7) is 0. The quantitative estimate of drug-likeness (QED) is 0.209. The summed E-state index contributed by atoms with van der Waals surface area (Å²) in [6.07, 6.45) is -10.5. The second-order valence-electron chi connectivity index (χ2n) is 9.07. The Labute approximate surface area is 235 Å². The van der Waals surface area contributed by atoms with Crippen LogP contribution in [0.25, 0.3) is 0 Å². The first-order valence-electron chi connectivity index (χ1n) is 11.7. The highest BCUT2D eigenvalue weighted by atomic mass is 79.9. The van der Waals surface area contributed by atoms with E-state index in [0.717, 1.165) is 30.3 Å². The van der Waals surface area contributed by atoms with Crippen molar-refractivity contribution in [3.63, 3.8) is 0 Å². The second-order valence-corrected chi connectivity index (χ2v) is 9.92. The van der Waals surface area contributed by atoms with Gasteiger partial charge in [0.15, 0.2) is 0 Å². The van der Waals surface area contributed by atoms with E-state index in [1.165, 1.54) is 0 Å². The van der Waals surface area contributed by atoms with Gasteiger partial charge in [-0.3, -0.25) is 4.79 Å². The van der Waals surface area contributed by atoms with Crippen molar-refractivity contribution in [2.24, 2.45) is 0 Å². The lowest BCUT2D eigenvalue weighted by Gasteiger charge is -2.37. The molecule has 1 atom stereocenters. The third-order valence-corrected chi connectivity index (χ3v) is 6.91. The molecule has 0 aliphatic carbocycles. The van der Waals surface area contributed by atoms with Gasteiger partial charge in [-0.25, -0.2) is 13.2 Å². The molecule has 12 heteroatoms. The molecule has 2 nitrogen and oxygen atoms in total. The first kappa shape index (κ1) is 30.2. The molecule has 0 saturated heterocycles. The minimum Gasteiger partial charge on any atom is -0.338 e. The van der Waals surface area contributed by atoms with E-state index in [1.54, 1.807) is 30.3 Å². The highest BCUT2D eigenvalue weighted by Gasteiger charge is 2.41. The standard InChI is InChI=1S/C29H17BrF9NO/c30-23-14-18(7-9-25(23)33)27(15-16-4-2-1-3-5-16,19-11-20(28(34,35)36)13-21(31)12-19)40-26(41)17-6-8-24(32)22(10-17)29(37,38)39/h1-14H,15H2,(H,40,41). The Hall–Kier alpha value is -3.80. The number of halogens is 10. The molecular formula is C29H17BrF9NO. The summed E-state index contributed by atoms with van der Waals surface area (Å²) < 4.78 is 124. The molecule has 0 bridgehead atoms. The maximum absolute atomic E-state index is 14.7. The van der Waals surface area contributed by atoms with E-state index in [9.17, 15) is 44.3 Å². The van der Waals surface area contributed by atoms with Gasteiger partial charge in [0, 0.05) is 12.0 Å². The van der Waals surface area contributed by atoms with Crippen molar-refractivity contribution in [3.8, 4) is 0 Å². The van der Waals surface area contributed by atoms with Crippen LogP contribution in [-0.4, -0.2) is 5.91 Å². The summed E-state index contributed by atoms with van der Waals surface area (Å²) in [6, 6.07) is 14.2. The van der Waals surface area contributed by atoms with E-state index in [2.05, 4.69) is 21.2 Å². The number of benzene rings is 4. The van der Waals surface area contributed by atoms with Crippen molar-refractivity contribution < 1.29 is 44.3 Å². The van der Waals surface area contributed by atoms with Crippen molar-refractivity contribution >= 4 is 21.8 Å². The molecule has 41 heavy (non-hydrogen) atoms. The summed E-state index contributed by atoms with van der Waals surface area (Å²) in [5.41, 5.74) is -5.96. The molecule has 214 valence electrons. The lowest BCUT2D eigenvalue weighted by atomic mass is 9.77. The van der Waals surface area contributed by atoms with Gasteiger partial charge in [-0.05, 0) is 81.2 Å². The number of nitrogens with one attached hydrogen (secondary N) is 1. The summed E-state index contributed by atoms with van der Waals surface area (Å²) in [5, 5.41) is 2.47. The Bertz CT molecular complexity index is 1590. The van der Waals surface area contributed by atoms with Crippen LogP contribution in [-0.2, 0) is 24.3 Å². The molecule has 0 saturated carbocycles. The van der Waals surface area contributed by atoms with Crippen LogP contribution in [0.4, 0.5) is 39.5 Å². The average Bonchev–Trinajstić information content (AvgIpc) is 2.89. The second kappa shape index (κ2) is 11.2. The Balaban J connectivity index is 2.01. The van der Waals surface area contributed by atoms with Crippen molar-refractivity contribution in [1.82, 2.24) is 5.32 Å². The van der Waals surface area contributed by atoms with Gasteiger partial charge in [-0.15, -0.1) is 0 Å².